The summed E-state index contributed by atoms with van der Waals surface area (Å²) in [5, 5.41) is 6.63. The summed E-state index contributed by atoms with van der Waals surface area (Å²) in [5.74, 6) is 1.76. The molecule has 1 heterocycles. The van der Waals surface area contributed by atoms with Gasteiger partial charge in [0.25, 0.3) is 0 Å². The number of nitrogens with one attached hydrogen (secondary N) is 2. The molecule has 2 rings (SSSR count). The molecule has 0 amide bonds. The van der Waals surface area contributed by atoms with Crippen molar-refractivity contribution < 1.29 is 4.74 Å². The Balaban J connectivity index is 1.53. The number of pyridine rings is 1. The molecule has 25 heavy (non-hydrogen) atoms. The van der Waals surface area contributed by atoms with Crippen LogP contribution in [0.25, 0.3) is 0 Å². The molecule has 0 bridgehead atoms. The smallest absolute Gasteiger partial charge is 0.190 e. The van der Waals surface area contributed by atoms with Crippen LogP contribution in [0.1, 0.15) is 24.1 Å². The van der Waals surface area contributed by atoms with E-state index in [4.69, 9.17) is 4.74 Å². The number of aromatic nitrogens is 1. The molecule has 0 spiro atoms. The molecule has 0 aliphatic carbocycles. The number of ether oxygens (including phenoxy) is 1. The maximum Gasteiger partial charge on any atom is 0.190 e. The fourth-order valence-corrected chi connectivity index (χ4v) is 2.33. The van der Waals surface area contributed by atoms with Gasteiger partial charge in [-0.3, -0.25) is 9.98 Å². The lowest BCUT2D eigenvalue weighted by Gasteiger charge is -2.12. The Morgan fingerprint density at radius 3 is 2.56 bits per heavy atom. The van der Waals surface area contributed by atoms with Crippen molar-refractivity contribution in [2.75, 3.05) is 26.7 Å². The molecule has 0 aliphatic heterocycles. The summed E-state index contributed by atoms with van der Waals surface area (Å²) >= 11 is 0. The van der Waals surface area contributed by atoms with Crippen molar-refractivity contribution in [3.05, 3.63) is 59.9 Å². The highest BCUT2D eigenvalue weighted by atomic mass is 16.5. The lowest BCUT2D eigenvalue weighted by Crippen LogP contribution is -2.38. The van der Waals surface area contributed by atoms with Crippen LogP contribution in [0.4, 0.5) is 0 Å². The SMILES string of the molecule is CN=C(NCCCCOc1ccc(C)cc1)NCCc1ccccn1. The first kappa shape index (κ1) is 18.8. The molecular formula is C20H28N4O. The summed E-state index contributed by atoms with van der Waals surface area (Å²) in [5.41, 5.74) is 2.33. The maximum absolute atomic E-state index is 5.73. The van der Waals surface area contributed by atoms with Gasteiger partial charge < -0.3 is 15.4 Å². The first-order chi connectivity index (χ1) is 12.3. The van der Waals surface area contributed by atoms with Crippen LogP contribution < -0.4 is 15.4 Å². The second-order valence-electron chi connectivity index (χ2n) is 5.87. The van der Waals surface area contributed by atoms with Crippen molar-refractivity contribution in [3.63, 3.8) is 0 Å². The molecule has 2 aromatic rings. The van der Waals surface area contributed by atoms with E-state index in [1.165, 1.54) is 5.56 Å². The highest BCUT2D eigenvalue weighted by Gasteiger charge is 1.99. The van der Waals surface area contributed by atoms with Gasteiger partial charge >= 0.3 is 0 Å². The Kier molecular flexibility index (Phi) is 8.32. The van der Waals surface area contributed by atoms with Crippen LogP contribution >= 0.6 is 0 Å². The van der Waals surface area contributed by atoms with Gasteiger partial charge in [-0.2, -0.15) is 0 Å². The van der Waals surface area contributed by atoms with Gasteiger partial charge in [-0.1, -0.05) is 23.8 Å². The van der Waals surface area contributed by atoms with Gasteiger partial charge in [0.1, 0.15) is 5.75 Å². The molecule has 0 saturated heterocycles. The number of guanidine groups is 1. The molecule has 5 heteroatoms. The minimum atomic E-state index is 0.733. The molecule has 0 fully saturated rings. The first-order valence-corrected chi connectivity index (χ1v) is 8.82. The molecule has 0 aliphatic rings. The van der Waals surface area contributed by atoms with Crippen molar-refractivity contribution in [1.29, 1.82) is 0 Å². The van der Waals surface area contributed by atoms with E-state index in [1.807, 2.05) is 36.5 Å². The van der Waals surface area contributed by atoms with E-state index in [0.29, 0.717) is 0 Å². The number of aryl methyl sites for hydroxylation is 1. The standard InChI is InChI=1S/C20H28N4O/c1-17-8-10-19(11-9-17)25-16-6-5-14-23-20(21-2)24-15-12-18-7-3-4-13-22-18/h3-4,7-11,13H,5-6,12,14-16H2,1-2H3,(H2,21,23,24). The lowest BCUT2D eigenvalue weighted by atomic mass is 10.2. The fraction of sp³-hybridized carbons (Fsp3) is 0.400. The number of hydrogen-bond acceptors (Lipinski definition) is 3. The molecule has 0 atom stereocenters. The monoisotopic (exact) mass is 340 g/mol. The second kappa shape index (κ2) is 11.1. The van der Waals surface area contributed by atoms with E-state index in [1.54, 1.807) is 7.05 Å². The zero-order valence-electron chi connectivity index (χ0n) is 15.2. The largest absolute Gasteiger partial charge is 0.494 e. The van der Waals surface area contributed by atoms with Crippen LogP contribution in [0, 0.1) is 6.92 Å². The maximum atomic E-state index is 5.73. The van der Waals surface area contributed by atoms with Gasteiger partial charge in [0.2, 0.25) is 0 Å². The third-order valence-corrected chi connectivity index (χ3v) is 3.78. The van der Waals surface area contributed by atoms with Gasteiger partial charge in [-0.05, 0) is 44.0 Å². The van der Waals surface area contributed by atoms with Gasteiger partial charge in [0, 0.05) is 38.4 Å². The Morgan fingerprint density at radius 1 is 1.04 bits per heavy atom. The van der Waals surface area contributed by atoms with Gasteiger partial charge in [-0.25, -0.2) is 0 Å². The minimum Gasteiger partial charge on any atom is -0.494 e. The van der Waals surface area contributed by atoms with E-state index >= 15 is 0 Å². The van der Waals surface area contributed by atoms with Gasteiger partial charge in [0.15, 0.2) is 5.96 Å². The van der Waals surface area contributed by atoms with Crippen molar-refractivity contribution >= 4 is 5.96 Å². The molecule has 1 aromatic carbocycles. The predicted molar refractivity (Wildman–Crippen MR) is 103 cm³/mol. The van der Waals surface area contributed by atoms with Gasteiger partial charge in [-0.15, -0.1) is 0 Å². The van der Waals surface area contributed by atoms with E-state index < -0.39 is 0 Å². The second-order valence-corrected chi connectivity index (χ2v) is 5.87. The predicted octanol–water partition coefficient (Wildman–Crippen LogP) is 2.96. The number of benzene rings is 1. The topological polar surface area (TPSA) is 58.5 Å². The van der Waals surface area contributed by atoms with Crippen LogP contribution in [0.3, 0.4) is 0 Å². The van der Waals surface area contributed by atoms with Crippen molar-refractivity contribution in [3.8, 4) is 5.75 Å². The first-order valence-electron chi connectivity index (χ1n) is 8.82. The lowest BCUT2D eigenvalue weighted by molar-refractivity contribution is 0.307. The zero-order chi connectivity index (χ0) is 17.7. The van der Waals surface area contributed by atoms with Crippen LogP contribution in [0.15, 0.2) is 53.7 Å². The minimum absolute atomic E-state index is 0.733. The summed E-state index contributed by atoms with van der Waals surface area (Å²) in [6.45, 7) is 4.50. The number of rotatable bonds is 9. The van der Waals surface area contributed by atoms with Crippen molar-refractivity contribution in [2.24, 2.45) is 4.99 Å². The Morgan fingerprint density at radius 2 is 1.84 bits per heavy atom. The number of unbranched alkanes of at least 4 members (excludes halogenated alkanes) is 1. The molecule has 0 unspecified atom stereocenters. The summed E-state index contributed by atoms with van der Waals surface area (Å²) in [7, 11) is 1.79. The summed E-state index contributed by atoms with van der Waals surface area (Å²) in [6.07, 6.45) is 4.74. The van der Waals surface area contributed by atoms with E-state index in [9.17, 15) is 0 Å². The Labute approximate surface area is 150 Å². The normalized spacial score (nSPS) is 11.2. The van der Waals surface area contributed by atoms with Crippen LogP contribution in [0.2, 0.25) is 0 Å². The average Bonchev–Trinajstić information content (AvgIpc) is 2.65. The van der Waals surface area contributed by atoms with E-state index in [2.05, 4.69) is 39.7 Å². The van der Waals surface area contributed by atoms with Crippen LogP contribution in [-0.2, 0) is 6.42 Å². The third kappa shape index (κ3) is 7.70. The number of aliphatic imine (C=N–C) groups is 1. The molecule has 0 radical (unpaired) electrons. The molecule has 1 aromatic heterocycles. The molecule has 2 N–H and O–H groups in total. The molecule has 0 saturated carbocycles. The van der Waals surface area contributed by atoms with Gasteiger partial charge in [0.05, 0.1) is 6.61 Å². The highest BCUT2D eigenvalue weighted by molar-refractivity contribution is 5.79. The van der Waals surface area contributed by atoms with Crippen molar-refractivity contribution in [2.45, 2.75) is 26.2 Å². The number of hydrogen-bond donors (Lipinski definition) is 2. The summed E-state index contributed by atoms with van der Waals surface area (Å²) in [4.78, 5) is 8.55. The zero-order valence-corrected chi connectivity index (χ0v) is 15.2. The third-order valence-electron chi connectivity index (χ3n) is 3.78. The van der Waals surface area contributed by atoms with Crippen molar-refractivity contribution in [1.82, 2.24) is 15.6 Å². The Bertz CT molecular complexity index is 626. The van der Waals surface area contributed by atoms with Crippen LogP contribution in [-0.4, -0.2) is 37.7 Å². The summed E-state index contributed by atoms with van der Waals surface area (Å²) < 4.78 is 5.73. The fourth-order valence-electron chi connectivity index (χ4n) is 2.33. The summed E-state index contributed by atoms with van der Waals surface area (Å²) in [6, 6.07) is 14.1. The highest BCUT2D eigenvalue weighted by Crippen LogP contribution is 2.11. The quantitative estimate of drug-likeness (QED) is 0.419. The molecule has 5 nitrogen and oxygen atoms in total. The Hall–Kier alpha value is -2.56. The van der Waals surface area contributed by atoms with Crippen LogP contribution in [0.5, 0.6) is 5.75 Å². The molecular weight excluding hydrogens is 312 g/mol. The number of nitrogens with zero attached hydrogens (tertiary/aromatic N) is 2. The molecule has 134 valence electrons. The average molecular weight is 340 g/mol. The van der Waals surface area contributed by atoms with E-state index in [0.717, 1.165) is 56.4 Å². The van der Waals surface area contributed by atoms with E-state index in [-0.39, 0.29) is 0 Å².